The highest BCUT2D eigenvalue weighted by Gasteiger charge is 2.25. The fourth-order valence-corrected chi connectivity index (χ4v) is 2.64. The lowest BCUT2D eigenvalue weighted by atomic mass is 9.86. The highest BCUT2D eigenvalue weighted by molar-refractivity contribution is 5.14. The fourth-order valence-electron chi connectivity index (χ4n) is 2.64. The van der Waals surface area contributed by atoms with Crippen molar-refractivity contribution in [2.75, 3.05) is 0 Å². The second-order valence-corrected chi connectivity index (χ2v) is 5.21. The molecule has 2 aromatic heterocycles. The van der Waals surface area contributed by atoms with E-state index in [2.05, 4.69) is 15.1 Å². The highest BCUT2D eigenvalue weighted by atomic mass is 16.5. The maximum Gasteiger partial charge on any atom is 0.229 e. The maximum atomic E-state index is 5.99. The molecule has 0 aromatic carbocycles. The predicted octanol–water partition coefficient (Wildman–Crippen LogP) is 2.04. The van der Waals surface area contributed by atoms with Crippen molar-refractivity contribution in [3.63, 3.8) is 0 Å². The number of hydrogen-bond acceptors (Lipinski definition) is 5. The van der Waals surface area contributed by atoms with E-state index in [1.807, 2.05) is 18.3 Å². The van der Waals surface area contributed by atoms with Gasteiger partial charge in [0.15, 0.2) is 5.82 Å². The second-order valence-electron chi connectivity index (χ2n) is 5.21. The molecule has 5 heteroatoms. The minimum atomic E-state index is 0.271. The third kappa shape index (κ3) is 2.98. The summed E-state index contributed by atoms with van der Waals surface area (Å²) in [6, 6.07) is 4.20. The summed E-state index contributed by atoms with van der Waals surface area (Å²) >= 11 is 0. The molecule has 2 aromatic rings. The van der Waals surface area contributed by atoms with Crippen molar-refractivity contribution in [2.24, 2.45) is 5.73 Å². The molecule has 0 saturated heterocycles. The Kier molecular flexibility index (Phi) is 3.55. The molecule has 0 spiro atoms. The smallest absolute Gasteiger partial charge is 0.229 e. The van der Waals surface area contributed by atoms with E-state index < -0.39 is 0 Å². The van der Waals surface area contributed by atoms with Crippen LogP contribution >= 0.6 is 0 Å². The van der Waals surface area contributed by atoms with Crippen molar-refractivity contribution in [1.82, 2.24) is 15.1 Å². The normalized spacial score (nSPS) is 23.4. The van der Waals surface area contributed by atoms with Crippen molar-refractivity contribution in [3.05, 3.63) is 41.8 Å². The van der Waals surface area contributed by atoms with E-state index >= 15 is 0 Å². The van der Waals surface area contributed by atoms with Gasteiger partial charge >= 0.3 is 0 Å². The lowest BCUT2D eigenvalue weighted by Gasteiger charge is -2.23. The van der Waals surface area contributed by atoms with Gasteiger partial charge in [-0.05, 0) is 30.9 Å². The Morgan fingerprint density at radius 2 is 2.32 bits per heavy atom. The first-order valence-corrected chi connectivity index (χ1v) is 6.78. The van der Waals surface area contributed by atoms with Crippen molar-refractivity contribution >= 4 is 0 Å². The Morgan fingerprint density at radius 3 is 3.11 bits per heavy atom. The zero-order valence-electron chi connectivity index (χ0n) is 10.8. The Labute approximate surface area is 112 Å². The van der Waals surface area contributed by atoms with E-state index in [4.69, 9.17) is 10.3 Å². The van der Waals surface area contributed by atoms with Crippen LogP contribution in [0.4, 0.5) is 0 Å². The summed E-state index contributed by atoms with van der Waals surface area (Å²) in [5.74, 6) is 1.80. The first-order valence-electron chi connectivity index (χ1n) is 6.78. The molecule has 2 heterocycles. The van der Waals surface area contributed by atoms with Crippen LogP contribution in [0.15, 0.2) is 29.0 Å². The highest BCUT2D eigenvalue weighted by Crippen LogP contribution is 2.31. The molecule has 19 heavy (non-hydrogen) atoms. The number of rotatable bonds is 3. The van der Waals surface area contributed by atoms with E-state index in [0.717, 1.165) is 43.0 Å². The molecule has 0 bridgehead atoms. The van der Waals surface area contributed by atoms with Crippen molar-refractivity contribution in [2.45, 2.75) is 44.1 Å². The van der Waals surface area contributed by atoms with Crippen LogP contribution in [0.25, 0.3) is 0 Å². The number of aromatic nitrogens is 3. The van der Waals surface area contributed by atoms with Crippen molar-refractivity contribution < 1.29 is 4.52 Å². The average Bonchev–Trinajstić information content (AvgIpc) is 2.88. The monoisotopic (exact) mass is 258 g/mol. The number of nitrogens with two attached hydrogens (primary N) is 1. The van der Waals surface area contributed by atoms with Gasteiger partial charge in [0.25, 0.3) is 0 Å². The summed E-state index contributed by atoms with van der Waals surface area (Å²) in [4.78, 5) is 8.59. The van der Waals surface area contributed by atoms with Crippen LogP contribution in [0.1, 0.15) is 48.9 Å². The molecule has 1 saturated carbocycles. The summed E-state index contributed by atoms with van der Waals surface area (Å²) in [5.41, 5.74) is 7.09. The third-order valence-electron chi connectivity index (χ3n) is 3.63. The van der Waals surface area contributed by atoms with Crippen LogP contribution in [0, 0.1) is 0 Å². The number of nitrogens with zero attached hydrogens (tertiary/aromatic N) is 3. The molecular formula is C14H18N4O. The van der Waals surface area contributed by atoms with Gasteiger partial charge in [-0.25, -0.2) is 0 Å². The van der Waals surface area contributed by atoms with Gasteiger partial charge in [-0.3, -0.25) is 4.98 Å². The lowest BCUT2D eigenvalue weighted by Crippen LogP contribution is -2.26. The molecule has 2 N–H and O–H groups in total. The molecule has 0 aliphatic heterocycles. The van der Waals surface area contributed by atoms with Gasteiger partial charge in [-0.1, -0.05) is 17.6 Å². The molecule has 0 amide bonds. The molecular weight excluding hydrogens is 240 g/mol. The largest absolute Gasteiger partial charge is 0.339 e. The van der Waals surface area contributed by atoms with Crippen LogP contribution in [0.3, 0.4) is 0 Å². The molecule has 2 unspecified atom stereocenters. The van der Waals surface area contributed by atoms with E-state index in [-0.39, 0.29) is 6.04 Å². The summed E-state index contributed by atoms with van der Waals surface area (Å²) in [6.45, 7) is 0. The van der Waals surface area contributed by atoms with Gasteiger partial charge in [0.1, 0.15) is 0 Å². The molecule has 1 aliphatic rings. The van der Waals surface area contributed by atoms with Gasteiger partial charge in [0, 0.05) is 30.8 Å². The summed E-state index contributed by atoms with van der Waals surface area (Å²) in [5, 5.41) is 4.06. The van der Waals surface area contributed by atoms with Gasteiger partial charge in [-0.15, -0.1) is 0 Å². The van der Waals surface area contributed by atoms with Gasteiger partial charge < -0.3 is 10.3 Å². The minimum Gasteiger partial charge on any atom is -0.339 e. The average molecular weight is 258 g/mol. The van der Waals surface area contributed by atoms with Crippen LogP contribution in [0.2, 0.25) is 0 Å². The summed E-state index contributed by atoms with van der Waals surface area (Å²) < 4.78 is 5.39. The molecule has 3 rings (SSSR count). The predicted molar refractivity (Wildman–Crippen MR) is 70.5 cm³/mol. The van der Waals surface area contributed by atoms with Crippen LogP contribution in [-0.2, 0) is 6.42 Å². The zero-order valence-corrected chi connectivity index (χ0v) is 10.8. The standard InChI is InChI=1S/C14H18N4O/c15-12-5-1-4-11(8-12)14-17-13(18-19-14)7-10-3-2-6-16-9-10/h2-3,6,9,11-12H,1,4-5,7-8,15H2. The first-order chi connectivity index (χ1) is 9.31. The first kappa shape index (κ1) is 12.3. The molecule has 2 atom stereocenters. The molecule has 100 valence electrons. The van der Waals surface area contributed by atoms with E-state index in [9.17, 15) is 0 Å². The second kappa shape index (κ2) is 5.48. The lowest BCUT2D eigenvalue weighted by molar-refractivity contribution is 0.297. The summed E-state index contributed by atoms with van der Waals surface area (Å²) in [7, 11) is 0. The van der Waals surface area contributed by atoms with E-state index in [1.165, 1.54) is 0 Å². The van der Waals surface area contributed by atoms with Crippen LogP contribution < -0.4 is 5.73 Å². The van der Waals surface area contributed by atoms with Gasteiger partial charge in [0.2, 0.25) is 5.89 Å². The van der Waals surface area contributed by atoms with Gasteiger partial charge in [0.05, 0.1) is 0 Å². The number of hydrogen-bond donors (Lipinski definition) is 1. The Balaban J connectivity index is 1.69. The van der Waals surface area contributed by atoms with Gasteiger partial charge in [-0.2, -0.15) is 4.98 Å². The van der Waals surface area contributed by atoms with E-state index in [0.29, 0.717) is 12.3 Å². The molecule has 1 aliphatic carbocycles. The summed E-state index contributed by atoms with van der Waals surface area (Å²) in [6.07, 6.45) is 8.55. The van der Waals surface area contributed by atoms with Crippen LogP contribution in [0.5, 0.6) is 0 Å². The molecule has 5 nitrogen and oxygen atoms in total. The fraction of sp³-hybridized carbons (Fsp3) is 0.500. The topological polar surface area (TPSA) is 77.8 Å². The molecule has 1 fully saturated rings. The Hall–Kier alpha value is -1.75. The Bertz CT molecular complexity index is 525. The number of pyridine rings is 1. The quantitative estimate of drug-likeness (QED) is 0.911. The van der Waals surface area contributed by atoms with Crippen LogP contribution in [-0.4, -0.2) is 21.2 Å². The van der Waals surface area contributed by atoms with Crippen molar-refractivity contribution in [3.8, 4) is 0 Å². The SMILES string of the molecule is NC1CCCC(c2nc(Cc3cccnc3)no2)C1. The zero-order chi connectivity index (χ0) is 13.1. The molecule has 0 radical (unpaired) electrons. The van der Waals surface area contributed by atoms with Crippen molar-refractivity contribution in [1.29, 1.82) is 0 Å². The maximum absolute atomic E-state index is 5.99. The minimum absolute atomic E-state index is 0.271. The third-order valence-corrected chi connectivity index (χ3v) is 3.63. The van der Waals surface area contributed by atoms with E-state index in [1.54, 1.807) is 6.20 Å². The Morgan fingerprint density at radius 1 is 1.37 bits per heavy atom.